The molecule has 3 nitrogen and oxygen atoms in total. The van der Waals surface area contributed by atoms with Gasteiger partial charge in [-0.1, -0.05) is 100 Å². The molecule has 0 aromatic heterocycles. The van der Waals surface area contributed by atoms with E-state index in [0.29, 0.717) is 17.4 Å². The van der Waals surface area contributed by atoms with Crippen molar-refractivity contribution >= 4 is 12.0 Å². The molecule has 0 amide bonds. The molecular weight excluding hydrogens is 466 g/mol. The predicted octanol–water partition coefficient (Wildman–Crippen LogP) is 11.1. The summed E-state index contributed by atoms with van der Waals surface area (Å²) in [6.45, 7) is 36.6. The van der Waals surface area contributed by atoms with Gasteiger partial charge in [0, 0.05) is 11.8 Å². The molecule has 0 aliphatic rings. The number of nitrogens with zero attached hydrogens (tertiary/aromatic N) is 1. The van der Waals surface area contributed by atoms with Crippen LogP contribution in [0.25, 0.3) is 0 Å². The zero-order valence-electron chi connectivity index (χ0n) is 28.2. The Labute approximate surface area is 239 Å². The first-order chi connectivity index (χ1) is 17.5. The molecule has 0 fully saturated rings. The van der Waals surface area contributed by atoms with Gasteiger partial charge in [0.05, 0.1) is 17.9 Å². The maximum Gasteiger partial charge on any atom is 0.186 e. The fourth-order valence-electron chi connectivity index (χ4n) is 2.85. The highest BCUT2D eigenvalue weighted by atomic mass is 16.5. The van der Waals surface area contributed by atoms with E-state index in [1.807, 2.05) is 19.9 Å². The largest absolute Gasteiger partial charge is 0.376 e. The van der Waals surface area contributed by atoms with Crippen molar-refractivity contribution in [3.05, 3.63) is 47.2 Å². The molecule has 2 atom stereocenters. The van der Waals surface area contributed by atoms with Gasteiger partial charge in [-0.05, 0) is 88.9 Å². The van der Waals surface area contributed by atoms with E-state index >= 15 is 0 Å². The highest BCUT2D eigenvalue weighted by molar-refractivity contribution is 6.17. The van der Waals surface area contributed by atoms with E-state index in [1.165, 1.54) is 17.6 Å². The molecule has 0 aliphatic carbocycles. The first kappa shape index (κ1) is 40.8. The molecule has 0 aromatic rings. The molecule has 0 N–H and O–H groups in total. The van der Waals surface area contributed by atoms with Crippen LogP contribution in [0.5, 0.6) is 0 Å². The lowest BCUT2D eigenvalue weighted by molar-refractivity contribution is -0.110. The molecular formula is C35H65NO2. The van der Waals surface area contributed by atoms with Gasteiger partial charge >= 0.3 is 0 Å². The third kappa shape index (κ3) is 21.2. The molecule has 0 rings (SSSR count). The molecule has 0 bridgehead atoms. The number of ether oxygens (including phenoxy) is 1. The molecule has 38 heavy (non-hydrogen) atoms. The Morgan fingerprint density at radius 1 is 0.974 bits per heavy atom. The summed E-state index contributed by atoms with van der Waals surface area (Å²) < 4.78 is 5.91. The lowest BCUT2D eigenvalue weighted by Crippen LogP contribution is -2.23. The summed E-state index contributed by atoms with van der Waals surface area (Å²) >= 11 is 0. The minimum atomic E-state index is -0.114. The van der Waals surface area contributed by atoms with Crippen molar-refractivity contribution in [3.63, 3.8) is 0 Å². The first-order valence-corrected chi connectivity index (χ1v) is 15.0. The zero-order valence-corrected chi connectivity index (χ0v) is 28.2. The Hall–Kier alpha value is -1.74. The molecule has 3 heteroatoms. The topological polar surface area (TPSA) is 38.7 Å². The van der Waals surface area contributed by atoms with E-state index in [2.05, 4.69) is 103 Å². The maximum absolute atomic E-state index is 12.5. The number of aliphatic imine (C=N–C) groups is 1. The molecule has 0 spiro atoms. The Bertz CT molecular complexity index is 767. The smallest absolute Gasteiger partial charge is 0.186 e. The number of rotatable bonds is 13. The molecule has 0 saturated heterocycles. The molecule has 0 aromatic carbocycles. The molecule has 0 heterocycles. The second kappa shape index (κ2) is 22.1. The molecule has 0 aliphatic heterocycles. The van der Waals surface area contributed by atoms with E-state index in [4.69, 9.17) is 9.73 Å². The third-order valence-corrected chi connectivity index (χ3v) is 6.31. The van der Waals surface area contributed by atoms with Crippen LogP contribution in [0, 0.1) is 17.3 Å². The molecule has 0 saturated carbocycles. The minimum Gasteiger partial charge on any atom is -0.376 e. The number of carbonyl (C=O) groups is 1. The Morgan fingerprint density at radius 2 is 1.50 bits per heavy atom. The number of carbonyl (C=O) groups excluding carboxylic acids is 1. The second-order valence-electron chi connectivity index (χ2n) is 12.0. The summed E-state index contributed by atoms with van der Waals surface area (Å²) in [5, 5.41) is 0. The van der Waals surface area contributed by atoms with Crippen LogP contribution in [-0.2, 0) is 9.53 Å². The summed E-state index contributed by atoms with van der Waals surface area (Å²) in [4.78, 5) is 17.2. The summed E-state index contributed by atoms with van der Waals surface area (Å²) in [6, 6.07) is 0. The van der Waals surface area contributed by atoms with Crippen molar-refractivity contribution in [2.24, 2.45) is 22.2 Å². The normalized spacial score (nSPS) is 14.8. The van der Waals surface area contributed by atoms with Crippen molar-refractivity contribution in [1.82, 2.24) is 0 Å². The van der Waals surface area contributed by atoms with Crippen LogP contribution in [0.3, 0.4) is 0 Å². The van der Waals surface area contributed by atoms with Crippen LogP contribution in [0.15, 0.2) is 52.2 Å². The van der Waals surface area contributed by atoms with Crippen molar-refractivity contribution < 1.29 is 9.53 Å². The van der Waals surface area contributed by atoms with Crippen LogP contribution >= 0.6 is 0 Å². The van der Waals surface area contributed by atoms with Crippen LogP contribution in [0.4, 0.5) is 0 Å². The second-order valence-corrected chi connectivity index (χ2v) is 12.0. The van der Waals surface area contributed by atoms with E-state index in [9.17, 15) is 4.79 Å². The van der Waals surface area contributed by atoms with Crippen molar-refractivity contribution in [1.29, 1.82) is 0 Å². The van der Waals surface area contributed by atoms with Crippen LogP contribution in [-0.4, -0.2) is 24.2 Å². The Morgan fingerprint density at radius 3 is 1.92 bits per heavy atom. The highest BCUT2D eigenvalue weighted by Gasteiger charge is 2.15. The predicted molar refractivity (Wildman–Crippen MR) is 173 cm³/mol. The average Bonchev–Trinajstić information content (AvgIpc) is 2.85. The SMILES string of the molecule is C=C(C=NC(/C=C(\C)C(C)(C)C)=C(\C)C(C)CC)C(=O)/C=C/CCC(CC)COC(C)(C)C.CC.CCC. The minimum absolute atomic E-state index is 0.0698. The van der Waals surface area contributed by atoms with Gasteiger partial charge in [0.1, 0.15) is 0 Å². The number of ketones is 1. The zero-order chi connectivity index (χ0) is 30.5. The van der Waals surface area contributed by atoms with Gasteiger partial charge in [-0.15, -0.1) is 0 Å². The van der Waals surface area contributed by atoms with E-state index in [0.717, 1.165) is 38.0 Å². The van der Waals surface area contributed by atoms with Gasteiger partial charge in [0.15, 0.2) is 5.78 Å². The van der Waals surface area contributed by atoms with E-state index in [1.54, 1.807) is 12.3 Å². The Kier molecular flexibility index (Phi) is 23.7. The van der Waals surface area contributed by atoms with Crippen LogP contribution in [0.1, 0.15) is 136 Å². The summed E-state index contributed by atoms with van der Waals surface area (Å²) in [5.41, 5.74) is 3.79. The van der Waals surface area contributed by atoms with E-state index < -0.39 is 0 Å². The quantitative estimate of drug-likeness (QED) is 0.135. The van der Waals surface area contributed by atoms with E-state index in [-0.39, 0.29) is 16.8 Å². The first-order valence-electron chi connectivity index (χ1n) is 15.0. The molecule has 0 radical (unpaired) electrons. The summed E-state index contributed by atoms with van der Waals surface area (Å²) in [5.74, 6) is 0.844. The highest BCUT2D eigenvalue weighted by Crippen LogP contribution is 2.28. The van der Waals surface area contributed by atoms with Crippen molar-refractivity contribution in [2.45, 2.75) is 142 Å². The summed E-state index contributed by atoms with van der Waals surface area (Å²) in [7, 11) is 0. The van der Waals surface area contributed by atoms with Crippen LogP contribution in [0.2, 0.25) is 0 Å². The standard InChI is InChI=1S/C30H51NO2.C3H8.C2H6/c1-13-22(3)25(6)27(19-24(5)29(7,8)9)31-20-23(4)28(32)18-16-15-17-26(14-2)21-33-30(10,11)12;1-3-2;1-2/h16,18-20,22,26H,4,13-15,17,21H2,1-3,5-12H3;3H2,1-2H3;1-2H3/b18-16+,24-19+,27-25+,31-20?;;. The Balaban J connectivity index is -0.00000227. The summed E-state index contributed by atoms with van der Waals surface area (Å²) in [6.07, 6.45) is 12.6. The number of allylic oxidation sites excluding steroid dienone is 6. The maximum atomic E-state index is 12.5. The van der Waals surface area contributed by atoms with Crippen molar-refractivity contribution in [3.8, 4) is 0 Å². The fourth-order valence-corrected chi connectivity index (χ4v) is 2.85. The van der Waals surface area contributed by atoms with Gasteiger partial charge in [-0.3, -0.25) is 9.79 Å². The molecule has 2 unspecified atom stereocenters. The monoisotopic (exact) mass is 532 g/mol. The van der Waals surface area contributed by atoms with Crippen molar-refractivity contribution in [2.75, 3.05) is 6.61 Å². The average molecular weight is 532 g/mol. The van der Waals surface area contributed by atoms with Crippen LogP contribution < -0.4 is 0 Å². The van der Waals surface area contributed by atoms with Gasteiger partial charge in [-0.25, -0.2) is 0 Å². The van der Waals surface area contributed by atoms with Gasteiger partial charge in [0.2, 0.25) is 0 Å². The van der Waals surface area contributed by atoms with Gasteiger partial charge in [0.25, 0.3) is 0 Å². The lowest BCUT2D eigenvalue weighted by atomic mass is 9.86. The van der Waals surface area contributed by atoms with Gasteiger partial charge < -0.3 is 4.74 Å². The number of hydrogen-bond acceptors (Lipinski definition) is 3. The molecule has 222 valence electrons. The lowest BCUT2D eigenvalue weighted by Gasteiger charge is -2.23. The van der Waals surface area contributed by atoms with Gasteiger partial charge in [-0.2, -0.15) is 0 Å². The fraction of sp³-hybridized carbons (Fsp3) is 0.714. The third-order valence-electron chi connectivity index (χ3n) is 6.31. The number of hydrogen-bond donors (Lipinski definition) is 0.